The monoisotopic (exact) mass is 276 g/mol. The van der Waals surface area contributed by atoms with E-state index in [4.69, 9.17) is 4.52 Å². The molecule has 0 atom stereocenters. The molecule has 2 aromatic rings. The first-order valence-corrected chi connectivity index (χ1v) is 6.80. The number of amides is 1. The van der Waals surface area contributed by atoms with Gasteiger partial charge in [-0.2, -0.15) is 5.10 Å². The Labute approximate surface area is 118 Å². The molecule has 1 N–H and O–H groups in total. The van der Waals surface area contributed by atoms with E-state index >= 15 is 0 Å². The van der Waals surface area contributed by atoms with Crippen molar-refractivity contribution in [1.82, 2.24) is 14.9 Å². The molecule has 6 nitrogen and oxygen atoms in total. The lowest BCUT2D eigenvalue weighted by Gasteiger charge is -2.03. The molecular weight excluding hydrogens is 256 g/mol. The molecule has 2 heterocycles. The van der Waals surface area contributed by atoms with Crippen LogP contribution in [-0.2, 0) is 13.0 Å². The van der Waals surface area contributed by atoms with Gasteiger partial charge in [0.15, 0.2) is 0 Å². The second kappa shape index (κ2) is 5.48. The molecular formula is C14H20N4O2. The van der Waals surface area contributed by atoms with Crippen molar-refractivity contribution in [2.45, 2.75) is 47.6 Å². The Kier molecular flexibility index (Phi) is 3.92. The Bertz CT molecular complexity index is 640. The predicted molar refractivity (Wildman–Crippen MR) is 75.9 cm³/mol. The summed E-state index contributed by atoms with van der Waals surface area (Å²) in [4.78, 5) is 12.4. The summed E-state index contributed by atoms with van der Waals surface area (Å²) in [5.41, 5.74) is 3.91. The number of nitrogens with one attached hydrogen (secondary N) is 1. The van der Waals surface area contributed by atoms with Gasteiger partial charge in [-0.25, -0.2) is 0 Å². The fraction of sp³-hybridized carbons (Fsp3) is 0.500. The van der Waals surface area contributed by atoms with Crippen molar-refractivity contribution >= 4 is 11.8 Å². The lowest BCUT2D eigenvalue weighted by atomic mass is 10.1. The highest BCUT2D eigenvalue weighted by Gasteiger charge is 2.21. The lowest BCUT2D eigenvalue weighted by Crippen LogP contribution is -2.14. The van der Waals surface area contributed by atoms with Crippen LogP contribution in [0.2, 0.25) is 0 Å². The molecule has 0 bridgehead atoms. The van der Waals surface area contributed by atoms with Crippen LogP contribution in [0, 0.1) is 20.8 Å². The number of hydrogen-bond acceptors (Lipinski definition) is 4. The van der Waals surface area contributed by atoms with Gasteiger partial charge in [0.05, 0.1) is 17.0 Å². The van der Waals surface area contributed by atoms with Gasteiger partial charge in [0, 0.05) is 17.8 Å². The van der Waals surface area contributed by atoms with Crippen LogP contribution in [0.15, 0.2) is 4.52 Å². The van der Waals surface area contributed by atoms with E-state index in [2.05, 4.69) is 15.6 Å². The van der Waals surface area contributed by atoms with Crippen LogP contribution >= 0.6 is 0 Å². The molecule has 1 amide bonds. The highest BCUT2D eigenvalue weighted by molar-refractivity contribution is 6.05. The van der Waals surface area contributed by atoms with Gasteiger partial charge in [0.25, 0.3) is 5.91 Å². The summed E-state index contributed by atoms with van der Waals surface area (Å²) in [7, 11) is 0. The van der Waals surface area contributed by atoms with E-state index in [-0.39, 0.29) is 5.91 Å². The van der Waals surface area contributed by atoms with E-state index in [0.717, 1.165) is 35.6 Å². The number of rotatable bonds is 4. The van der Waals surface area contributed by atoms with Gasteiger partial charge in [-0.15, -0.1) is 0 Å². The average Bonchev–Trinajstić information content (AvgIpc) is 2.90. The highest BCUT2D eigenvalue weighted by Crippen LogP contribution is 2.21. The number of carbonyl (C=O) groups excluding carboxylic acids is 1. The molecule has 6 heteroatoms. The van der Waals surface area contributed by atoms with Crippen molar-refractivity contribution in [3.63, 3.8) is 0 Å². The third-order valence-electron chi connectivity index (χ3n) is 3.49. The van der Waals surface area contributed by atoms with E-state index in [1.165, 1.54) is 0 Å². The average molecular weight is 276 g/mol. The first-order valence-electron chi connectivity index (χ1n) is 6.80. The summed E-state index contributed by atoms with van der Waals surface area (Å²) in [5.74, 6) is 0.205. The minimum absolute atomic E-state index is 0.207. The molecule has 0 aliphatic carbocycles. The number of hydrogen-bond donors (Lipinski definition) is 1. The SMILES string of the molecule is CCc1noc(NC(=O)c2c(C)nn(CC)c2C)c1C. The van der Waals surface area contributed by atoms with E-state index in [1.54, 1.807) is 0 Å². The minimum atomic E-state index is -0.207. The Balaban J connectivity index is 2.28. The summed E-state index contributed by atoms with van der Waals surface area (Å²) in [6, 6.07) is 0. The molecule has 0 aliphatic rings. The fourth-order valence-electron chi connectivity index (χ4n) is 2.31. The summed E-state index contributed by atoms with van der Waals surface area (Å²) in [5, 5.41) is 11.1. The molecule has 2 aromatic heterocycles. The zero-order valence-electron chi connectivity index (χ0n) is 12.6. The molecule has 108 valence electrons. The summed E-state index contributed by atoms with van der Waals surface area (Å²) in [6.45, 7) is 10.3. The number of aryl methyl sites for hydroxylation is 3. The number of aromatic nitrogens is 3. The fourth-order valence-corrected chi connectivity index (χ4v) is 2.31. The number of nitrogens with zero attached hydrogens (tertiary/aromatic N) is 3. The van der Waals surface area contributed by atoms with Gasteiger partial charge in [-0.3, -0.25) is 14.8 Å². The maximum Gasteiger partial charge on any atom is 0.261 e. The molecule has 0 saturated carbocycles. The third kappa shape index (κ3) is 2.33. The first kappa shape index (κ1) is 14.3. The van der Waals surface area contributed by atoms with E-state index < -0.39 is 0 Å². The van der Waals surface area contributed by atoms with Crippen LogP contribution in [-0.4, -0.2) is 20.8 Å². The van der Waals surface area contributed by atoms with Crippen LogP contribution < -0.4 is 5.32 Å². The summed E-state index contributed by atoms with van der Waals surface area (Å²) in [6.07, 6.45) is 0.775. The van der Waals surface area contributed by atoms with Crippen LogP contribution in [0.3, 0.4) is 0 Å². The van der Waals surface area contributed by atoms with Gasteiger partial charge < -0.3 is 4.52 Å². The molecule has 0 fully saturated rings. The minimum Gasteiger partial charge on any atom is -0.338 e. The van der Waals surface area contributed by atoms with Crippen molar-refractivity contribution in [3.05, 3.63) is 28.2 Å². The summed E-state index contributed by atoms with van der Waals surface area (Å²) < 4.78 is 7.00. The topological polar surface area (TPSA) is 73.0 Å². The lowest BCUT2D eigenvalue weighted by molar-refractivity contribution is 0.102. The van der Waals surface area contributed by atoms with Crippen molar-refractivity contribution in [2.75, 3.05) is 5.32 Å². The Morgan fingerprint density at radius 2 is 2.00 bits per heavy atom. The maximum absolute atomic E-state index is 12.4. The zero-order valence-corrected chi connectivity index (χ0v) is 12.6. The van der Waals surface area contributed by atoms with Crippen molar-refractivity contribution in [1.29, 1.82) is 0 Å². The molecule has 2 rings (SSSR count). The van der Waals surface area contributed by atoms with Crippen LogP contribution in [0.25, 0.3) is 0 Å². The van der Waals surface area contributed by atoms with Gasteiger partial charge in [0.1, 0.15) is 0 Å². The maximum atomic E-state index is 12.4. The van der Waals surface area contributed by atoms with Gasteiger partial charge in [0.2, 0.25) is 5.88 Å². The number of carbonyl (C=O) groups is 1. The molecule has 20 heavy (non-hydrogen) atoms. The first-order chi connectivity index (χ1) is 9.49. The van der Waals surface area contributed by atoms with Crippen molar-refractivity contribution in [3.8, 4) is 0 Å². The van der Waals surface area contributed by atoms with E-state index in [0.29, 0.717) is 11.4 Å². The van der Waals surface area contributed by atoms with Gasteiger partial charge in [-0.1, -0.05) is 12.1 Å². The van der Waals surface area contributed by atoms with Crippen LogP contribution in [0.4, 0.5) is 5.88 Å². The molecule has 0 saturated heterocycles. The van der Waals surface area contributed by atoms with E-state index in [1.807, 2.05) is 39.3 Å². The van der Waals surface area contributed by atoms with Crippen molar-refractivity contribution in [2.24, 2.45) is 0 Å². The van der Waals surface area contributed by atoms with Crippen molar-refractivity contribution < 1.29 is 9.32 Å². The third-order valence-corrected chi connectivity index (χ3v) is 3.49. The van der Waals surface area contributed by atoms with Crippen LogP contribution in [0.5, 0.6) is 0 Å². The Morgan fingerprint density at radius 1 is 1.30 bits per heavy atom. The second-order valence-corrected chi connectivity index (χ2v) is 4.75. The Morgan fingerprint density at radius 3 is 2.50 bits per heavy atom. The van der Waals surface area contributed by atoms with Gasteiger partial charge in [-0.05, 0) is 34.1 Å². The van der Waals surface area contributed by atoms with E-state index in [9.17, 15) is 4.79 Å². The second-order valence-electron chi connectivity index (χ2n) is 4.75. The largest absolute Gasteiger partial charge is 0.338 e. The quantitative estimate of drug-likeness (QED) is 0.931. The Hall–Kier alpha value is -2.11. The van der Waals surface area contributed by atoms with Gasteiger partial charge >= 0.3 is 0 Å². The normalized spacial score (nSPS) is 10.8. The summed E-state index contributed by atoms with van der Waals surface area (Å²) >= 11 is 0. The molecule has 0 unspecified atom stereocenters. The molecule has 0 radical (unpaired) electrons. The molecule has 0 spiro atoms. The molecule has 0 aromatic carbocycles. The smallest absolute Gasteiger partial charge is 0.261 e. The number of anilines is 1. The zero-order chi connectivity index (χ0) is 14.9. The predicted octanol–water partition coefficient (Wildman–Crippen LogP) is 2.63. The highest BCUT2D eigenvalue weighted by atomic mass is 16.5. The molecule has 0 aliphatic heterocycles. The van der Waals surface area contributed by atoms with Crippen LogP contribution in [0.1, 0.15) is 46.9 Å². The standard InChI is InChI=1S/C14H20N4O2/c1-6-11-8(3)14(20-17-11)15-13(19)12-9(4)16-18(7-2)10(12)5/h6-7H2,1-5H3,(H,15,19).